The molecule has 1 amide bonds. The van der Waals surface area contributed by atoms with Gasteiger partial charge < -0.3 is 9.64 Å². The highest BCUT2D eigenvalue weighted by Crippen LogP contribution is 2.36. The molecule has 1 aliphatic carbocycles. The van der Waals surface area contributed by atoms with E-state index >= 15 is 0 Å². The second-order valence-electron chi connectivity index (χ2n) is 5.48. The molecular formula is C15H20N2O2. The predicted octanol–water partition coefficient (Wildman–Crippen LogP) is 1.69. The zero-order valence-corrected chi connectivity index (χ0v) is 11.3. The van der Waals surface area contributed by atoms with Crippen molar-refractivity contribution in [2.45, 2.75) is 30.9 Å². The number of hydrogen-bond donors (Lipinski definition) is 1. The number of carbonyl (C=O) groups is 1. The first-order chi connectivity index (χ1) is 9.24. The van der Waals surface area contributed by atoms with Crippen LogP contribution in [0.25, 0.3) is 0 Å². The topological polar surface area (TPSA) is 41.6 Å². The van der Waals surface area contributed by atoms with Gasteiger partial charge in [-0.1, -0.05) is 30.3 Å². The van der Waals surface area contributed by atoms with Crippen LogP contribution in [-0.2, 0) is 9.53 Å². The van der Waals surface area contributed by atoms with Crippen LogP contribution >= 0.6 is 0 Å². The zero-order chi connectivity index (χ0) is 13.3. The first kappa shape index (κ1) is 12.6. The smallest absolute Gasteiger partial charge is 0.245 e. The van der Waals surface area contributed by atoms with Gasteiger partial charge in [-0.25, -0.2) is 0 Å². The van der Waals surface area contributed by atoms with Crippen LogP contribution in [0.5, 0.6) is 0 Å². The molecule has 1 aliphatic heterocycles. The minimum Gasteiger partial charge on any atom is -0.376 e. The largest absolute Gasteiger partial charge is 0.376 e. The molecule has 1 heterocycles. The standard InChI is InChI=1S/C15H20N2O2/c1-19-15(8-5-9-15)10-17-11-16-13(14(17)18)12-6-3-2-4-7-12/h2-4,6-7,13,16H,5,8-11H2,1H3. The first-order valence-corrected chi connectivity index (χ1v) is 6.86. The molecule has 0 aromatic heterocycles. The number of amides is 1. The Labute approximate surface area is 113 Å². The van der Waals surface area contributed by atoms with Gasteiger partial charge in [-0.15, -0.1) is 0 Å². The SMILES string of the molecule is COC1(CN2CNC(c3ccccc3)C2=O)CCC1. The third-order valence-electron chi connectivity index (χ3n) is 4.35. The van der Waals surface area contributed by atoms with Gasteiger partial charge in [0.25, 0.3) is 0 Å². The number of nitrogens with zero attached hydrogens (tertiary/aromatic N) is 1. The van der Waals surface area contributed by atoms with Crippen LogP contribution in [0.4, 0.5) is 0 Å². The summed E-state index contributed by atoms with van der Waals surface area (Å²) < 4.78 is 5.60. The summed E-state index contributed by atoms with van der Waals surface area (Å²) in [6, 6.07) is 9.69. The van der Waals surface area contributed by atoms with Crippen molar-refractivity contribution >= 4 is 5.91 Å². The number of benzene rings is 1. The quantitative estimate of drug-likeness (QED) is 0.895. The van der Waals surface area contributed by atoms with Crippen molar-refractivity contribution in [1.29, 1.82) is 0 Å². The average Bonchev–Trinajstić information content (AvgIpc) is 2.76. The van der Waals surface area contributed by atoms with Crippen LogP contribution in [0.3, 0.4) is 0 Å². The summed E-state index contributed by atoms with van der Waals surface area (Å²) >= 11 is 0. The molecule has 2 fully saturated rings. The number of methoxy groups -OCH3 is 1. The summed E-state index contributed by atoms with van der Waals surface area (Å²) in [4.78, 5) is 14.3. The van der Waals surface area contributed by atoms with E-state index in [1.807, 2.05) is 35.2 Å². The third-order valence-corrected chi connectivity index (χ3v) is 4.35. The lowest BCUT2D eigenvalue weighted by molar-refractivity contribution is -0.137. The highest BCUT2D eigenvalue weighted by molar-refractivity contribution is 5.85. The Hall–Kier alpha value is -1.39. The molecule has 0 spiro atoms. The molecule has 2 aliphatic rings. The van der Waals surface area contributed by atoms with Crippen molar-refractivity contribution in [2.24, 2.45) is 0 Å². The molecule has 1 atom stereocenters. The van der Waals surface area contributed by atoms with Crippen molar-refractivity contribution < 1.29 is 9.53 Å². The molecule has 1 unspecified atom stereocenters. The molecule has 1 aromatic carbocycles. The second kappa shape index (κ2) is 4.94. The van der Waals surface area contributed by atoms with E-state index in [-0.39, 0.29) is 17.6 Å². The van der Waals surface area contributed by atoms with E-state index in [1.165, 1.54) is 6.42 Å². The van der Waals surface area contributed by atoms with Gasteiger partial charge in [-0.05, 0) is 24.8 Å². The number of ether oxygens (including phenoxy) is 1. The Morgan fingerprint density at radius 2 is 2.11 bits per heavy atom. The molecule has 3 rings (SSSR count). The Kier molecular flexibility index (Phi) is 3.29. The molecule has 1 saturated heterocycles. The summed E-state index contributed by atoms with van der Waals surface area (Å²) in [6.45, 7) is 1.32. The fraction of sp³-hybridized carbons (Fsp3) is 0.533. The molecule has 1 N–H and O–H groups in total. The molecule has 1 saturated carbocycles. The van der Waals surface area contributed by atoms with Crippen LogP contribution in [0.15, 0.2) is 30.3 Å². The Bertz CT molecular complexity index is 451. The molecule has 1 aromatic rings. The average molecular weight is 260 g/mol. The summed E-state index contributed by atoms with van der Waals surface area (Å²) in [6.07, 6.45) is 3.32. The van der Waals surface area contributed by atoms with E-state index in [0.717, 1.165) is 18.4 Å². The van der Waals surface area contributed by atoms with Crippen LogP contribution in [0.1, 0.15) is 30.9 Å². The number of hydrogen-bond acceptors (Lipinski definition) is 3. The summed E-state index contributed by atoms with van der Waals surface area (Å²) in [5.41, 5.74) is 0.943. The van der Waals surface area contributed by atoms with Crippen molar-refractivity contribution in [2.75, 3.05) is 20.3 Å². The fourth-order valence-electron chi connectivity index (χ4n) is 2.93. The Morgan fingerprint density at radius 3 is 2.68 bits per heavy atom. The second-order valence-corrected chi connectivity index (χ2v) is 5.48. The van der Waals surface area contributed by atoms with E-state index in [2.05, 4.69) is 5.32 Å². The van der Waals surface area contributed by atoms with Crippen molar-refractivity contribution in [3.8, 4) is 0 Å². The number of nitrogens with one attached hydrogen (secondary N) is 1. The minimum absolute atomic E-state index is 0.0943. The molecule has 102 valence electrons. The van der Waals surface area contributed by atoms with E-state index in [1.54, 1.807) is 7.11 Å². The number of carbonyl (C=O) groups excluding carboxylic acids is 1. The first-order valence-electron chi connectivity index (χ1n) is 6.86. The minimum atomic E-state index is -0.199. The van der Waals surface area contributed by atoms with Crippen molar-refractivity contribution in [3.05, 3.63) is 35.9 Å². The van der Waals surface area contributed by atoms with Gasteiger partial charge in [-0.2, -0.15) is 0 Å². The third kappa shape index (κ3) is 2.26. The number of rotatable bonds is 4. The van der Waals surface area contributed by atoms with E-state index in [4.69, 9.17) is 4.74 Å². The Morgan fingerprint density at radius 1 is 1.37 bits per heavy atom. The Balaban J connectivity index is 1.69. The van der Waals surface area contributed by atoms with Crippen LogP contribution in [0.2, 0.25) is 0 Å². The lowest BCUT2D eigenvalue weighted by Gasteiger charge is -2.42. The lowest BCUT2D eigenvalue weighted by atomic mass is 9.79. The molecule has 0 bridgehead atoms. The van der Waals surface area contributed by atoms with Gasteiger partial charge >= 0.3 is 0 Å². The predicted molar refractivity (Wildman–Crippen MR) is 72.5 cm³/mol. The fourth-order valence-corrected chi connectivity index (χ4v) is 2.93. The zero-order valence-electron chi connectivity index (χ0n) is 11.3. The molecule has 19 heavy (non-hydrogen) atoms. The van der Waals surface area contributed by atoms with Crippen molar-refractivity contribution in [1.82, 2.24) is 10.2 Å². The highest BCUT2D eigenvalue weighted by Gasteiger charge is 2.42. The van der Waals surface area contributed by atoms with E-state index in [0.29, 0.717) is 13.2 Å². The van der Waals surface area contributed by atoms with Crippen molar-refractivity contribution in [3.63, 3.8) is 0 Å². The highest BCUT2D eigenvalue weighted by atomic mass is 16.5. The van der Waals surface area contributed by atoms with Gasteiger partial charge in [0, 0.05) is 7.11 Å². The van der Waals surface area contributed by atoms with Crippen LogP contribution in [-0.4, -0.2) is 36.7 Å². The van der Waals surface area contributed by atoms with Gasteiger partial charge in [0.1, 0.15) is 6.04 Å². The van der Waals surface area contributed by atoms with Crippen LogP contribution in [0, 0.1) is 0 Å². The molecule has 0 radical (unpaired) electrons. The normalized spacial score (nSPS) is 25.4. The maximum atomic E-state index is 12.4. The lowest BCUT2D eigenvalue weighted by Crippen LogP contribution is -2.50. The molecule has 4 nitrogen and oxygen atoms in total. The maximum absolute atomic E-state index is 12.4. The van der Waals surface area contributed by atoms with Gasteiger partial charge in [0.05, 0.1) is 18.8 Å². The monoisotopic (exact) mass is 260 g/mol. The maximum Gasteiger partial charge on any atom is 0.245 e. The molecular weight excluding hydrogens is 240 g/mol. The molecule has 4 heteroatoms. The summed E-state index contributed by atoms with van der Waals surface area (Å²) in [7, 11) is 1.75. The van der Waals surface area contributed by atoms with E-state index in [9.17, 15) is 4.79 Å². The van der Waals surface area contributed by atoms with E-state index < -0.39 is 0 Å². The summed E-state index contributed by atoms with van der Waals surface area (Å²) in [5.74, 6) is 0.162. The van der Waals surface area contributed by atoms with Gasteiger partial charge in [0.2, 0.25) is 5.91 Å². The van der Waals surface area contributed by atoms with Crippen LogP contribution < -0.4 is 5.32 Å². The van der Waals surface area contributed by atoms with Gasteiger partial charge in [0.15, 0.2) is 0 Å². The van der Waals surface area contributed by atoms with Gasteiger partial charge in [-0.3, -0.25) is 10.1 Å². The summed E-state index contributed by atoms with van der Waals surface area (Å²) in [5, 5.41) is 3.29.